The van der Waals surface area contributed by atoms with E-state index >= 15 is 0 Å². The summed E-state index contributed by atoms with van der Waals surface area (Å²) in [7, 11) is 0. The molecular weight excluding hydrogens is 476 g/mol. The highest BCUT2D eigenvalue weighted by molar-refractivity contribution is 7.80. The van der Waals surface area contributed by atoms with Gasteiger partial charge in [-0.1, -0.05) is 23.4 Å². The molecule has 178 valence electrons. The van der Waals surface area contributed by atoms with Gasteiger partial charge in [-0.2, -0.15) is 0 Å². The third-order valence-corrected chi connectivity index (χ3v) is 6.63. The fraction of sp³-hybridized carbons (Fsp3) is 0.160. The van der Waals surface area contributed by atoms with Crippen molar-refractivity contribution in [3.8, 4) is 11.5 Å². The molecule has 5 aromatic rings. The van der Waals surface area contributed by atoms with Gasteiger partial charge in [-0.05, 0) is 60.2 Å². The van der Waals surface area contributed by atoms with Crippen molar-refractivity contribution in [2.45, 2.75) is 12.7 Å². The summed E-state index contributed by atoms with van der Waals surface area (Å²) in [5, 5.41) is 12.4. The standard InChI is InChI=1S/C25H20N8O2S/c36-25-29-24(28-14-32-20-4-2-1-3-18(20)30-31-32)23(15-5-8-21-22(11-15)35-10-9-34-21)33(25)16-6-7-17-19(12-16)27-13-26-17/h1-8,11-13,23H,9-10,14H2,(H,26,27)(H,28,29,36). The van der Waals surface area contributed by atoms with Crippen LogP contribution in [-0.4, -0.2) is 49.1 Å². The number of ether oxygens (including phenoxy) is 2. The Morgan fingerprint density at radius 3 is 2.83 bits per heavy atom. The molecule has 1 saturated heterocycles. The van der Waals surface area contributed by atoms with Gasteiger partial charge in [0.2, 0.25) is 0 Å². The van der Waals surface area contributed by atoms with Gasteiger partial charge < -0.3 is 24.7 Å². The van der Waals surface area contributed by atoms with E-state index in [0.29, 0.717) is 36.6 Å². The summed E-state index contributed by atoms with van der Waals surface area (Å²) in [6.45, 7) is 1.34. The van der Waals surface area contributed by atoms with Gasteiger partial charge in [0, 0.05) is 5.69 Å². The Balaban J connectivity index is 1.32. The molecule has 0 spiro atoms. The van der Waals surface area contributed by atoms with Crippen molar-refractivity contribution in [3.63, 3.8) is 0 Å². The quantitative estimate of drug-likeness (QED) is 0.364. The minimum atomic E-state index is -0.306. The van der Waals surface area contributed by atoms with Crippen LogP contribution in [0.5, 0.6) is 11.5 Å². The molecule has 2 aliphatic heterocycles. The molecule has 10 nitrogen and oxygen atoms in total. The molecule has 0 bridgehead atoms. The summed E-state index contributed by atoms with van der Waals surface area (Å²) in [6, 6.07) is 19.5. The lowest BCUT2D eigenvalue weighted by Gasteiger charge is -2.26. The Kier molecular flexibility index (Phi) is 4.81. The zero-order valence-electron chi connectivity index (χ0n) is 19.0. The van der Waals surface area contributed by atoms with Crippen LogP contribution in [0, 0.1) is 0 Å². The number of amidine groups is 1. The van der Waals surface area contributed by atoms with Gasteiger partial charge in [-0.15, -0.1) is 5.10 Å². The molecule has 0 radical (unpaired) electrons. The zero-order chi connectivity index (χ0) is 24.1. The maximum absolute atomic E-state index is 5.87. The van der Waals surface area contributed by atoms with Crippen molar-refractivity contribution in [1.29, 1.82) is 0 Å². The van der Waals surface area contributed by atoms with Crippen LogP contribution in [0.2, 0.25) is 0 Å². The molecule has 7 rings (SSSR count). The summed E-state index contributed by atoms with van der Waals surface area (Å²) >= 11 is 5.81. The number of hydrogen-bond acceptors (Lipinski definition) is 7. The SMILES string of the molecule is S=C1NC(=NCn2nnc3ccccc32)C(c2ccc3c(c2)OCCO3)N1c1ccc2[nH]cnc2c1. The molecule has 2 aromatic heterocycles. The normalized spacial score (nSPS) is 18.3. The summed E-state index contributed by atoms with van der Waals surface area (Å²) in [6.07, 6.45) is 1.68. The molecule has 0 amide bonds. The average Bonchev–Trinajstić information content (AvgIpc) is 3.63. The lowest BCUT2D eigenvalue weighted by molar-refractivity contribution is 0.171. The van der Waals surface area contributed by atoms with Gasteiger partial charge in [-0.25, -0.2) is 14.7 Å². The van der Waals surface area contributed by atoms with Crippen LogP contribution in [0.1, 0.15) is 11.6 Å². The number of rotatable bonds is 4. The first-order valence-electron chi connectivity index (χ1n) is 11.5. The second kappa shape index (κ2) is 8.31. The van der Waals surface area contributed by atoms with Crippen molar-refractivity contribution in [2.75, 3.05) is 18.1 Å². The fourth-order valence-electron chi connectivity index (χ4n) is 4.64. The number of nitrogens with one attached hydrogen (secondary N) is 2. The number of aromatic nitrogens is 5. The lowest BCUT2D eigenvalue weighted by atomic mass is 10.0. The number of nitrogens with zero attached hydrogens (tertiary/aromatic N) is 6. The van der Waals surface area contributed by atoms with E-state index in [2.05, 4.69) is 25.6 Å². The van der Waals surface area contributed by atoms with Crippen LogP contribution in [0.15, 0.2) is 72.0 Å². The minimum absolute atomic E-state index is 0.290. The highest BCUT2D eigenvalue weighted by Gasteiger charge is 2.37. The Labute approximate surface area is 210 Å². The lowest BCUT2D eigenvalue weighted by Crippen LogP contribution is -2.29. The van der Waals surface area contributed by atoms with E-state index in [4.69, 9.17) is 26.7 Å². The first kappa shape index (κ1) is 20.8. The number of benzene rings is 3. The van der Waals surface area contributed by atoms with Gasteiger partial charge in [0.15, 0.2) is 16.6 Å². The second-order valence-corrected chi connectivity index (χ2v) is 8.86. The third-order valence-electron chi connectivity index (χ3n) is 6.33. The number of aliphatic imine (C=N–C) groups is 1. The highest BCUT2D eigenvalue weighted by atomic mass is 32.1. The van der Waals surface area contributed by atoms with E-state index in [9.17, 15) is 0 Å². The average molecular weight is 497 g/mol. The molecular formula is C25H20N8O2S. The summed E-state index contributed by atoms with van der Waals surface area (Å²) in [5.41, 5.74) is 5.43. The fourth-order valence-corrected chi connectivity index (χ4v) is 4.96. The van der Waals surface area contributed by atoms with E-state index in [0.717, 1.165) is 39.1 Å². The number of aromatic amines is 1. The first-order valence-corrected chi connectivity index (χ1v) is 11.9. The molecule has 0 saturated carbocycles. The topological polar surface area (TPSA) is 105 Å². The van der Waals surface area contributed by atoms with Crippen molar-refractivity contribution in [1.82, 2.24) is 30.3 Å². The molecule has 1 fully saturated rings. The van der Waals surface area contributed by atoms with Crippen LogP contribution in [-0.2, 0) is 6.67 Å². The van der Waals surface area contributed by atoms with Crippen molar-refractivity contribution >= 4 is 50.9 Å². The predicted octanol–water partition coefficient (Wildman–Crippen LogP) is 3.57. The molecule has 0 aliphatic carbocycles. The zero-order valence-corrected chi connectivity index (χ0v) is 19.8. The molecule has 1 atom stereocenters. The molecule has 3 aromatic carbocycles. The molecule has 2 aliphatic rings. The Morgan fingerprint density at radius 1 is 1.00 bits per heavy atom. The predicted molar refractivity (Wildman–Crippen MR) is 139 cm³/mol. The Bertz CT molecular complexity index is 1660. The van der Waals surface area contributed by atoms with Crippen molar-refractivity contribution in [2.24, 2.45) is 4.99 Å². The maximum atomic E-state index is 5.87. The van der Waals surface area contributed by atoms with E-state index in [1.807, 2.05) is 65.6 Å². The summed E-state index contributed by atoms with van der Waals surface area (Å²) < 4.78 is 13.4. The highest BCUT2D eigenvalue weighted by Crippen LogP contribution is 2.38. The Hall–Kier alpha value is -4.51. The molecule has 2 N–H and O–H groups in total. The number of para-hydroxylation sites is 1. The van der Waals surface area contributed by atoms with Crippen LogP contribution in [0.3, 0.4) is 0 Å². The van der Waals surface area contributed by atoms with E-state index in [1.165, 1.54) is 0 Å². The molecule has 36 heavy (non-hydrogen) atoms. The summed E-state index contributed by atoms with van der Waals surface area (Å²) in [4.78, 5) is 14.5. The number of imidazole rings is 1. The summed E-state index contributed by atoms with van der Waals surface area (Å²) in [5.74, 6) is 2.15. The van der Waals surface area contributed by atoms with Gasteiger partial charge in [0.1, 0.15) is 37.3 Å². The number of hydrogen-bond donors (Lipinski definition) is 2. The van der Waals surface area contributed by atoms with Crippen LogP contribution < -0.4 is 19.7 Å². The second-order valence-electron chi connectivity index (χ2n) is 8.47. The molecule has 11 heteroatoms. The first-order chi connectivity index (χ1) is 17.7. The van der Waals surface area contributed by atoms with Crippen molar-refractivity contribution < 1.29 is 9.47 Å². The number of H-pyrrole nitrogens is 1. The smallest absolute Gasteiger partial charge is 0.179 e. The van der Waals surface area contributed by atoms with E-state index in [-0.39, 0.29) is 6.04 Å². The number of thiocarbonyl (C=S) groups is 1. The Morgan fingerprint density at radius 2 is 1.89 bits per heavy atom. The monoisotopic (exact) mass is 496 g/mol. The van der Waals surface area contributed by atoms with Gasteiger partial charge in [-0.3, -0.25) is 0 Å². The van der Waals surface area contributed by atoms with Gasteiger partial charge in [0.05, 0.1) is 22.9 Å². The maximum Gasteiger partial charge on any atom is 0.179 e. The minimum Gasteiger partial charge on any atom is -0.486 e. The van der Waals surface area contributed by atoms with Crippen molar-refractivity contribution in [3.05, 3.63) is 72.6 Å². The van der Waals surface area contributed by atoms with Gasteiger partial charge >= 0.3 is 0 Å². The molecule has 1 unspecified atom stereocenters. The van der Waals surface area contributed by atoms with E-state index < -0.39 is 0 Å². The van der Waals surface area contributed by atoms with Crippen LogP contribution in [0.25, 0.3) is 22.1 Å². The van der Waals surface area contributed by atoms with Crippen LogP contribution in [0.4, 0.5) is 5.69 Å². The number of anilines is 1. The van der Waals surface area contributed by atoms with E-state index in [1.54, 1.807) is 11.0 Å². The van der Waals surface area contributed by atoms with Gasteiger partial charge in [0.25, 0.3) is 0 Å². The molecule has 4 heterocycles. The number of fused-ring (bicyclic) bond motifs is 3. The third kappa shape index (κ3) is 3.43. The van der Waals surface area contributed by atoms with Crippen LogP contribution >= 0.6 is 12.2 Å². The largest absolute Gasteiger partial charge is 0.486 e.